The van der Waals surface area contributed by atoms with E-state index in [-0.39, 0.29) is 11.6 Å². The fourth-order valence-electron chi connectivity index (χ4n) is 3.41. The highest BCUT2D eigenvalue weighted by Gasteiger charge is 2.43. The van der Waals surface area contributed by atoms with Crippen molar-refractivity contribution in [3.05, 3.63) is 21.9 Å². The molecule has 2 rings (SSSR count). The summed E-state index contributed by atoms with van der Waals surface area (Å²) >= 11 is 1.82. The van der Waals surface area contributed by atoms with Crippen molar-refractivity contribution in [2.75, 3.05) is 6.61 Å². The van der Waals surface area contributed by atoms with Crippen molar-refractivity contribution in [3.8, 4) is 0 Å². The van der Waals surface area contributed by atoms with Crippen LogP contribution in [0.15, 0.2) is 12.1 Å². The fourth-order valence-corrected chi connectivity index (χ4v) is 4.45. The Morgan fingerprint density at radius 3 is 2.89 bits per heavy atom. The van der Waals surface area contributed by atoms with Crippen LogP contribution in [-0.2, 0) is 4.74 Å². The summed E-state index contributed by atoms with van der Waals surface area (Å²) in [6.07, 6.45) is 4.71. The summed E-state index contributed by atoms with van der Waals surface area (Å²) in [6.45, 7) is 7.28. The summed E-state index contributed by atoms with van der Waals surface area (Å²) in [4.78, 5) is 2.62. The van der Waals surface area contributed by atoms with Crippen LogP contribution in [-0.4, -0.2) is 12.2 Å². The highest BCUT2D eigenvalue weighted by molar-refractivity contribution is 7.12. The lowest BCUT2D eigenvalue weighted by Gasteiger charge is -2.44. The van der Waals surface area contributed by atoms with Crippen molar-refractivity contribution in [2.45, 2.75) is 58.1 Å². The summed E-state index contributed by atoms with van der Waals surface area (Å²) in [7, 11) is 0. The maximum Gasteiger partial charge on any atom is 0.0899 e. The van der Waals surface area contributed by atoms with Crippen LogP contribution in [0.4, 0.5) is 0 Å². The minimum atomic E-state index is -0.140. The molecule has 108 valence electrons. The summed E-state index contributed by atoms with van der Waals surface area (Å²) in [5.41, 5.74) is 2.89. The smallest absolute Gasteiger partial charge is 0.0899 e. The number of nitrogens with two attached hydrogens (primary N) is 1. The van der Waals surface area contributed by atoms with Gasteiger partial charge in [-0.1, -0.05) is 19.8 Å². The Morgan fingerprint density at radius 2 is 2.37 bits per heavy atom. The molecule has 0 aliphatic heterocycles. The third-order valence-electron chi connectivity index (χ3n) is 4.16. The third kappa shape index (κ3) is 3.19. The van der Waals surface area contributed by atoms with Crippen molar-refractivity contribution < 1.29 is 4.74 Å². The Hall–Kier alpha value is -0.420. The standard InChI is InChI=1S/C15H26N2OS/c1-4-18-15(9-5-6-11(2)10-15)14(17-16)13-8-7-12(3)19-13/h7-8,11,14,17H,4-6,9-10,16H2,1-3H3. The molecule has 1 aliphatic carbocycles. The van der Waals surface area contributed by atoms with Gasteiger partial charge in [0.25, 0.3) is 0 Å². The molecule has 0 spiro atoms. The van der Waals surface area contributed by atoms with E-state index in [1.165, 1.54) is 22.6 Å². The average Bonchev–Trinajstić information content (AvgIpc) is 2.77. The monoisotopic (exact) mass is 282 g/mol. The quantitative estimate of drug-likeness (QED) is 0.641. The second-order valence-corrected chi connectivity index (χ2v) is 7.07. The molecule has 3 nitrogen and oxygen atoms in total. The average molecular weight is 282 g/mol. The van der Waals surface area contributed by atoms with Gasteiger partial charge in [-0.25, -0.2) is 5.43 Å². The highest BCUT2D eigenvalue weighted by Crippen LogP contribution is 2.44. The molecular weight excluding hydrogens is 256 g/mol. The van der Waals surface area contributed by atoms with Gasteiger partial charge in [-0.15, -0.1) is 11.3 Å². The predicted molar refractivity (Wildman–Crippen MR) is 81.1 cm³/mol. The van der Waals surface area contributed by atoms with Crippen LogP contribution >= 0.6 is 11.3 Å². The lowest BCUT2D eigenvalue weighted by molar-refractivity contribution is -0.101. The largest absolute Gasteiger partial charge is 0.373 e. The number of nitrogens with one attached hydrogen (secondary N) is 1. The Balaban J connectivity index is 2.29. The first-order chi connectivity index (χ1) is 9.11. The molecule has 0 amide bonds. The van der Waals surface area contributed by atoms with Gasteiger partial charge >= 0.3 is 0 Å². The number of hydrogen-bond acceptors (Lipinski definition) is 4. The molecule has 1 aliphatic rings. The lowest BCUT2D eigenvalue weighted by atomic mass is 9.74. The zero-order valence-electron chi connectivity index (χ0n) is 12.2. The maximum atomic E-state index is 6.22. The molecule has 1 heterocycles. The molecular formula is C15H26N2OS. The van der Waals surface area contributed by atoms with E-state index in [4.69, 9.17) is 10.6 Å². The van der Waals surface area contributed by atoms with Gasteiger partial charge in [0.2, 0.25) is 0 Å². The van der Waals surface area contributed by atoms with Gasteiger partial charge in [-0.2, -0.15) is 0 Å². The van der Waals surface area contributed by atoms with Crippen LogP contribution in [0, 0.1) is 12.8 Å². The van der Waals surface area contributed by atoms with Gasteiger partial charge in [0.05, 0.1) is 11.6 Å². The van der Waals surface area contributed by atoms with E-state index in [9.17, 15) is 0 Å². The molecule has 3 unspecified atom stereocenters. The number of hydrogen-bond donors (Lipinski definition) is 2. The molecule has 3 atom stereocenters. The van der Waals surface area contributed by atoms with Crippen LogP contribution in [0.3, 0.4) is 0 Å². The normalized spacial score (nSPS) is 29.4. The van der Waals surface area contributed by atoms with E-state index in [1.807, 2.05) is 11.3 Å². The second kappa shape index (κ2) is 6.35. The molecule has 1 fully saturated rings. The summed E-state index contributed by atoms with van der Waals surface area (Å²) in [5.74, 6) is 6.59. The van der Waals surface area contributed by atoms with E-state index in [0.29, 0.717) is 5.92 Å². The van der Waals surface area contributed by atoms with E-state index in [0.717, 1.165) is 19.4 Å². The van der Waals surface area contributed by atoms with Crippen LogP contribution in [0.2, 0.25) is 0 Å². The molecule has 0 radical (unpaired) electrons. The van der Waals surface area contributed by atoms with Gasteiger partial charge in [0, 0.05) is 16.4 Å². The predicted octanol–water partition coefficient (Wildman–Crippen LogP) is 3.55. The number of hydrazine groups is 1. The van der Waals surface area contributed by atoms with Gasteiger partial charge in [-0.3, -0.25) is 5.84 Å². The molecule has 1 saturated carbocycles. The molecule has 19 heavy (non-hydrogen) atoms. The fraction of sp³-hybridized carbons (Fsp3) is 0.733. The van der Waals surface area contributed by atoms with Gasteiger partial charge in [0.1, 0.15) is 0 Å². The van der Waals surface area contributed by atoms with Gasteiger partial charge < -0.3 is 4.74 Å². The number of rotatable bonds is 5. The van der Waals surface area contributed by atoms with Gasteiger partial charge in [-0.05, 0) is 44.7 Å². The minimum absolute atomic E-state index is 0.105. The van der Waals surface area contributed by atoms with Crippen molar-refractivity contribution >= 4 is 11.3 Å². The minimum Gasteiger partial charge on any atom is -0.373 e. The first-order valence-corrected chi connectivity index (χ1v) is 8.09. The topological polar surface area (TPSA) is 47.3 Å². The van der Waals surface area contributed by atoms with Crippen LogP contribution < -0.4 is 11.3 Å². The van der Waals surface area contributed by atoms with Gasteiger partial charge in [0.15, 0.2) is 0 Å². The number of aryl methyl sites for hydroxylation is 1. The van der Waals surface area contributed by atoms with E-state index in [2.05, 4.69) is 38.3 Å². The van der Waals surface area contributed by atoms with Crippen LogP contribution in [0.5, 0.6) is 0 Å². The molecule has 3 N–H and O–H groups in total. The Bertz CT molecular complexity index is 403. The Morgan fingerprint density at radius 1 is 1.58 bits per heavy atom. The second-order valence-electron chi connectivity index (χ2n) is 5.75. The highest BCUT2D eigenvalue weighted by atomic mass is 32.1. The van der Waals surface area contributed by atoms with E-state index in [1.54, 1.807) is 0 Å². The number of thiophene rings is 1. The zero-order chi connectivity index (χ0) is 13.9. The molecule has 0 saturated heterocycles. The SMILES string of the molecule is CCOC1(C(NN)c2ccc(C)s2)CCCC(C)C1. The first kappa shape index (κ1) is 15.0. The summed E-state index contributed by atoms with van der Waals surface area (Å²) in [5, 5.41) is 0. The number of ether oxygens (including phenoxy) is 1. The van der Waals surface area contributed by atoms with Crippen molar-refractivity contribution in [1.82, 2.24) is 5.43 Å². The third-order valence-corrected chi connectivity index (χ3v) is 5.23. The van der Waals surface area contributed by atoms with Crippen LogP contribution in [0.25, 0.3) is 0 Å². The maximum absolute atomic E-state index is 6.22. The summed E-state index contributed by atoms with van der Waals surface area (Å²) in [6, 6.07) is 4.45. The first-order valence-electron chi connectivity index (χ1n) is 7.27. The molecule has 4 heteroatoms. The Kier molecular flexibility index (Phi) is 5.01. The van der Waals surface area contributed by atoms with Crippen molar-refractivity contribution in [1.29, 1.82) is 0 Å². The molecule has 0 aromatic carbocycles. The lowest BCUT2D eigenvalue weighted by Crippen LogP contribution is -2.50. The molecule has 1 aromatic rings. The van der Waals surface area contributed by atoms with E-state index >= 15 is 0 Å². The van der Waals surface area contributed by atoms with Crippen molar-refractivity contribution in [3.63, 3.8) is 0 Å². The van der Waals surface area contributed by atoms with Crippen LogP contribution in [0.1, 0.15) is 55.3 Å². The molecule has 1 aromatic heterocycles. The summed E-state index contributed by atoms with van der Waals surface area (Å²) < 4.78 is 6.22. The van der Waals surface area contributed by atoms with Crippen molar-refractivity contribution in [2.24, 2.45) is 11.8 Å². The zero-order valence-corrected chi connectivity index (χ0v) is 13.1. The molecule has 0 bridgehead atoms. The van der Waals surface area contributed by atoms with E-state index < -0.39 is 0 Å². The Labute approximate surface area is 120 Å².